The molecule has 2 aromatic carbocycles. The Balaban J connectivity index is 1.41. The largest absolute Gasteiger partial charge is 0.334 e. The minimum absolute atomic E-state index is 0.0226. The second kappa shape index (κ2) is 10.9. The van der Waals surface area contributed by atoms with Gasteiger partial charge in [0.25, 0.3) is 0 Å². The van der Waals surface area contributed by atoms with Crippen molar-refractivity contribution in [3.05, 3.63) is 77.9 Å². The summed E-state index contributed by atoms with van der Waals surface area (Å²) in [5.74, 6) is 0.630. The SMILES string of the molecule is O=C(NC(CS)Cc1ccccc1)N1CCN(CC=Cc2ccccc2)CC1. The lowest BCUT2D eigenvalue weighted by Crippen LogP contribution is -2.54. The van der Waals surface area contributed by atoms with E-state index in [9.17, 15) is 4.79 Å². The fourth-order valence-corrected chi connectivity index (χ4v) is 3.58. The molecule has 1 fully saturated rings. The molecule has 0 radical (unpaired) electrons. The first-order valence-electron chi connectivity index (χ1n) is 9.89. The van der Waals surface area contributed by atoms with E-state index in [0.29, 0.717) is 5.75 Å². The lowest BCUT2D eigenvalue weighted by atomic mass is 10.1. The van der Waals surface area contributed by atoms with Gasteiger partial charge in [-0.05, 0) is 17.5 Å². The average Bonchev–Trinajstić information content (AvgIpc) is 2.75. The van der Waals surface area contributed by atoms with Crippen molar-refractivity contribution in [2.45, 2.75) is 12.5 Å². The first kappa shape index (κ1) is 20.5. The molecule has 0 aromatic heterocycles. The Morgan fingerprint density at radius 2 is 1.64 bits per heavy atom. The number of piperazine rings is 1. The van der Waals surface area contributed by atoms with Gasteiger partial charge in [-0.15, -0.1) is 0 Å². The third kappa shape index (κ3) is 6.43. The third-order valence-corrected chi connectivity index (χ3v) is 5.45. The highest BCUT2D eigenvalue weighted by molar-refractivity contribution is 7.80. The monoisotopic (exact) mass is 395 g/mol. The van der Waals surface area contributed by atoms with E-state index in [1.807, 2.05) is 41.3 Å². The summed E-state index contributed by atoms with van der Waals surface area (Å²) in [5.41, 5.74) is 2.44. The van der Waals surface area contributed by atoms with Crippen LogP contribution in [0.2, 0.25) is 0 Å². The van der Waals surface area contributed by atoms with Crippen molar-refractivity contribution in [2.75, 3.05) is 38.5 Å². The Kier molecular flexibility index (Phi) is 8.00. The van der Waals surface area contributed by atoms with Gasteiger partial charge in [-0.1, -0.05) is 72.8 Å². The van der Waals surface area contributed by atoms with Crippen molar-refractivity contribution < 1.29 is 4.79 Å². The van der Waals surface area contributed by atoms with Crippen LogP contribution < -0.4 is 5.32 Å². The number of amides is 2. The molecule has 1 unspecified atom stereocenters. The average molecular weight is 396 g/mol. The zero-order chi connectivity index (χ0) is 19.6. The summed E-state index contributed by atoms with van der Waals surface area (Å²) in [6, 6.07) is 20.6. The van der Waals surface area contributed by atoms with Crippen molar-refractivity contribution >= 4 is 24.7 Å². The number of nitrogens with zero attached hydrogens (tertiary/aromatic N) is 2. The summed E-state index contributed by atoms with van der Waals surface area (Å²) in [5, 5.41) is 3.14. The lowest BCUT2D eigenvalue weighted by Gasteiger charge is -2.35. The van der Waals surface area contributed by atoms with Crippen molar-refractivity contribution in [3.8, 4) is 0 Å². The summed E-state index contributed by atoms with van der Waals surface area (Å²) in [4.78, 5) is 16.9. The van der Waals surface area contributed by atoms with Crippen molar-refractivity contribution in [3.63, 3.8) is 0 Å². The Labute approximate surface area is 173 Å². The van der Waals surface area contributed by atoms with Gasteiger partial charge in [-0.25, -0.2) is 4.79 Å². The van der Waals surface area contributed by atoms with Crippen LogP contribution in [0.4, 0.5) is 4.79 Å². The molecule has 0 bridgehead atoms. The maximum atomic E-state index is 12.6. The lowest BCUT2D eigenvalue weighted by molar-refractivity contribution is 0.145. The molecule has 2 aromatic rings. The van der Waals surface area contributed by atoms with Crippen LogP contribution in [-0.4, -0.2) is 60.3 Å². The highest BCUT2D eigenvalue weighted by Crippen LogP contribution is 2.08. The van der Waals surface area contributed by atoms with Gasteiger partial charge in [-0.3, -0.25) is 4.90 Å². The molecule has 3 rings (SSSR count). The fraction of sp³-hybridized carbons (Fsp3) is 0.348. The fourth-order valence-electron chi connectivity index (χ4n) is 3.36. The summed E-state index contributed by atoms with van der Waals surface area (Å²) < 4.78 is 0. The smallest absolute Gasteiger partial charge is 0.317 e. The quantitative estimate of drug-likeness (QED) is 0.703. The minimum atomic E-state index is 0.0226. The number of carbonyl (C=O) groups is 1. The van der Waals surface area contributed by atoms with E-state index >= 15 is 0 Å². The van der Waals surface area contributed by atoms with Crippen LogP contribution in [0.3, 0.4) is 0 Å². The number of benzene rings is 2. The molecule has 4 nitrogen and oxygen atoms in total. The van der Waals surface area contributed by atoms with Gasteiger partial charge in [0, 0.05) is 44.5 Å². The molecule has 1 aliphatic heterocycles. The maximum absolute atomic E-state index is 12.6. The van der Waals surface area contributed by atoms with Crippen LogP contribution in [0.15, 0.2) is 66.7 Å². The van der Waals surface area contributed by atoms with Gasteiger partial charge in [0.05, 0.1) is 0 Å². The van der Waals surface area contributed by atoms with E-state index in [2.05, 4.69) is 59.3 Å². The molecule has 5 heteroatoms. The number of urea groups is 1. The number of thiol groups is 1. The molecular formula is C23H29N3OS. The first-order valence-corrected chi connectivity index (χ1v) is 10.5. The van der Waals surface area contributed by atoms with Crippen LogP contribution in [0, 0.1) is 0 Å². The molecule has 1 heterocycles. The second-order valence-electron chi connectivity index (χ2n) is 7.12. The van der Waals surface area contributed by atoms with Crippen LogP contribution in [0.5, 0.6) is 0 Å². The Hall–Kier alpha value is -2.24. The van der Waals surface area contributed by atoms with Gasteiger partial charge >= 0.3 is 6.03 Å². The van der Waals surface area contributed by atoms with E-state index in [1.165, 1.54) is 11.1 Å². The topological polar surface area (TPSA) is 35.6 Å². The van der Waals surface area contributed by atoms with Crippen molar-refractivity contribution in [1.82, 2.24) is 15.1 Å². The zero-order valence-electron chi connectivity index (χ0n) is 16.2. The standard InChI is InChI=1S/C23H29N3OS/c27-23(24-22(19-28)18-21-10-5-2-6-11-21)26-16-14-25(15-17-26)13-7-12-20-8-3-1-4-9-20/h1-12,22,28H,13-19H2,(H,24,27). The minimum Gasteiger partial charge on any atom is -0.334 e. The summed E-state index contributed by atoms with van der Waals surface area (Å²) in [7, 11) is 0. The molecule has 0 spiro atoms. The summed E-state index contributed by atoms with van der Waals surface area (Å²) in [6.45, 7) is 4.23. The molecule has 148 valence electrons. The van der Waals surface area contributed by atoms with Crippen LogP contribution in [0.1, 0.15) is 11.1 Å². The predicted molar refractivity (Wildman–Crippen MR) is 120 cm³/mol. The molecule has 0 saturated carbocycles. The van der Waals surface area contributed by atoms with Crippen molar-refractivity contribution in [1.29, 1.82) is 0 Å². The Morgan fingerprint density at radius 1 is 1.00 bits per heavy atom. The van der Waals surface area contributed by atoms with Gasteiger partial charge < -0.3 is 10.2 Å². The first-order chi connectivity index (χ1) is 13.7. The highest BCUT2D eigenvalue weighted by atomic mass is 32.1. The van der Waals surface area contributed by atoms with E-state index in [-0.39, 0.29) is 12.1 Å². The van der Waals surface area contributed by atoms with Gasteiger partial charge in [0.15, 0.2) is 0 Å². The Bertz CT molecular complexity index is 743. The number of rotatable bonds is 7. The molecule has 1 aliphatic rings. The zero-order valence-corrected chi connectivity index (χ0v) is 17.1. The van der Waals surface area contributed by atoms with E-state index in [0.717, 1.165) is 39.1 Å². The number of carbonyl (C=O) groups excluding carboxylic acids is 1. The summed E-state index contributed by atoms with van der Waals surface area (Å²) >= 11 is 4.42. The number of hydrogen-bond donors (Lipinski definition) is 2. The van der Waals surface area contributed by atoms with Gasteiger partial charge in [0.2, 0.25) is 0 Å². The molecule has 2 amide bonds. The number of nitrogens with one attached hydrogen (secondary N) is 1. The van der Waals surface area contributed by atoms with Crippen LogP contribution in [-0.2, 0) is 6.42 Å². The molecule has 1 N–H and O–H groups in total. The van der Waals surface area contributed by atoms with E-state index < -0.39 is 0 Å². The Morgan fingerprint density at radius 3 is 2.29 bits per heavy atom. The molecule has 1 atom stereocenters. The number of hydrogen-bond acceptors (Lipinski definition) is 3. The van der Waals surface area contributed by atoms with Gasteiger partial charge in [0.1, 0.15) is 0 Å². The third-order valence-electron chi connectivity index (χ3n) is 5.01. The van der Waals surface area contributed by atoms with Crippen LogP contribution in [0.25, 0.3) is 6.08 Å². The predicted octanol–water partition coefficient (Wildman–Crippen LogP) is 3.57. The van der Waals surface area contributed by atoms with Crippen molar-refractivity contribution in [2.24, 2.45) is 0 Å². The molecule has 28 heavy (non-hydrogen) atoms. The maximum Gasteiger partial charge on any atom is 0.317 e. The van der Waals surface area contributed by atoms with Gasteiger partial charge in [-0.2, -0.15) is 12.6 Å². The molecule has 1 saturated heterocycles. The normalized spacial score (nSPS) is 16.2. The van der Waals surface area contributed by atoms with E-state index in [1.54, 1.807) is 0 Å². The second-order valence-corrected chi connectivity index (χ2v) is 7.48. The molecular weight excluding hydrogens is 366 g/mol. The van der Waals surface area contributed by atoms with E-state index in [4.69, 9.17) is 0 Å². The molecule has 0 aliphatic carbocycles. The van der Waals surface area contributed by atoms with Crippen LogP contribution >= 0.6 is 12.6 Å². The summed E-state index contributed by atoms with van der Waals surface area (Å²) in [6.07, 6.45) is 5.15. The highest BCUT2D eigenvalue weighted by Gasteiger charge is 2.22.